The minimum Gasteiger partial charge on any atom is -0.364 e. The Bertz CT molecular complexity index is 263. The molecule has 3 heteroatoms. The Morgan fingerprint density at radius 1 is 1.50 bits per heavy atom. The van der Waals surface area contributed by atoms with E-state index in [9.17, 15) is 4.79 Å². The summed E-state index contributed by atoms with van der Waals surface area (Å²) >= 11 is 0. The second kappa shape index (κ2) is 5.47. The summed E-state index contributed by atoms with van der Waals surface area (Å²) in [4.78, 5) is 14.6. The molecule has 0 aromatic carbocycles. The van der Waals surface area contributed by atoms with Gasteiger partial charge in [-0.25, -0.2) is 0 Å². The van der Waals surface area contributed by atoms with Crippen LogP contribution in [0.3, 0.4) is 0 Å². The standard InChI is InChI=1S/C11H18N2O/c1-3-9(4-2)11(14)13-8-10-6-5-7-12-10/h5-7,9,12H,3-4,8H2,1-2H3,(H,13,14). The molecule has 0 radical (unpaired) electrons. The van der Waals surface area contributed by atoms with Gasteiger partial charge in [0.15, 0.2) is 0 Å². The molecule has 0 aliphatic heterocycles. The van der Waals surface area contributed by atoms with Crippen molar-refractivity contribution >= 4 is 5.91 Å². The summed E-state index contributed by atoms with van der Waals surface area (Å²) in [5.74, 6) is 0.314. The van der Waals surface area contributed by atoms with Crippen LogP contribution < -0.4 is 5.32 Å². The van der Waals surface area contributed by atoms with Gasteiger partial charge in [0.05, 0.1) is 6.54 Å². The van der Waals surface area contributed by atoms with E-state index in [4.69, 9.17) is 0 Å². The topological polar surface area (TPSA) is 44.9 Å². The van der Waals surface area contributed by atoms with Crippen molar-refractivity contribution in [2.45, 2.75) is 33.2 Å². The second-order valence-corrected chi connectivity index (χ2v) is 3.43. The van der Waals surface area contributed by atoms with E-state index in [1.165, 1.54) is 0 Å². The molecule has 0 bridgehead atoms. The molecular weight excluding hydrogens is 176 g/mol. The summed E-state index contributed by atoms with van der Waals surface area (Å²) in [5, 5.41) is 2.92. The summed E-state index contributed by atoms with van der Waals surface area (Å²) in [6.07, 6.45) is 3.68. The summed E-state index contributed by atoms with van der Waals surface area (Å²) in [5.41, 5.74) is 1.05. The van der Waals surface area contributed by atoms with Gasteiger partial charge in [-0.1, -0.05) is 13.8 Å². The number of hydrogen-bond acceptors (Lipinski definition) is 1. The molecule has 3 nitrogen and oxygen atoms in total. The van der Waals surface area contributed by atoms with Gasteiger partial charge >= 0.3 is 0 Å². The number of aromatic nitrogens is 1. The zero-order valence-corrected chi connectivity index (χ0v) is 8.84. The second-order valence-electron chi connectivity index (χ2n) is 3.43. The van der Waals surface area contributed by atoms with Crippen molar-refractivity contribution in [2.24, 2.45) is 5.92 Å². The highest BCUT2D eigenvalue weighted by molar-refractivity contribution is 5.78. The smallest absolute Gasteiger partial charge is 0.223 e. The molecule has 0 saturated carbocycles. The maximum atomic E-state index is 11.6. The molecule has 0 saturated heterocycles. The van der Waals surface area contributed by atoms with Gasteiger partial charge in [-0.15, -0.1) is 0 Å². The molecule has 2 N–H and O–H groups in total. The molecule has 14 heavy (non-hydrogen) atoms. The molecule has 0 aliphatic carbocycles. The first-order chi connectivity index (χ1) is 6.77. The van der Waals surface area contributed by atoms with Gasteiger partial charge in [0.2, 0.25) is 5.91 Å². The van der Waals surface area contributed by atoms with Gasteiger partial charge in [0.1, 0.15) is 0 Å². The fourth-order valence-electron chi connectivity index (χ4n) is 1.46. The Hall–Kier alpha value is -1.25. The van der Waals surface area contributed by atoms with Gasteiger partial charge in [-0.2, -0.15) is 0 Å². The fourth-order valence-corrected chi connectivity index (χ4v) is 1.46. The van der Waals surface area contributed by atoms with Gasteiger partial charge in [0, 0.05) is 17.8 Å². The lowest BCUT2D eigenvalue weighted by molar-refractivity contribution is -0.125. The van der Waals surface area contributed by atoms with E-state index in [0.717, 1.165) is 18.5 Å². The van der Waals surface area contributed by atoms with Crippen molar-refractivity contribution in [3.05, 3.63) is 24.0 Å². The van der Waals surface area contributed by atoms with Crippen molar-refractivity contribution < 1.29 is 4.79 Å². The third-order valence-electron chi connectivity index (χ3n) is 2.47. The van der Waals surface area contributed by atoms with E-state index in [2.05, 4.69) is 10.3 Å². The van der Waals surface area contributed by atoms with Crippen LogP contribution in [-0.2, 0) is 11.3 Å². The molecule has 1 amide bonds. The van der Waals surface area contributed by atoms with Crippen LogP contribution in [0, 0.1) is 5.92 Å². The van der Waals surface area contributed by atoms with Crippen LogP contribution in [0.4, 0.5) is 0 Å². The molecule has 0 fully saturated rings. The first-order valence-electron chi connectivity index (χ1n) is 5.17. The van der Waals surface area contributed by atoms with E-state index in [1.54, 1.807) is 0 Å². The Kier molecular flexibility index (Phi) is 4.23. The van der Waals surface area contributed by atoms with Crippen LogP contribution in [0.5, 0.6) is 0 Å². The Morgan fingerprint density at radius 2 is 2.21 bits per heavy atom. The van der Waals surface area contributed by atoms with Crippen molar-refractivity contribution in [2.75, 3.05) is 0 Å². The van der Waals surface area contributed by atoms with Gasteiger partial charge < -0.3 is 10.3 Å². The number of carbonyl (C=O) groups excluding carboxylic acids is 1. The van der Waals surface area contributed by atoms with Gasteiger partial charge in [0.25, 0.3) is 0 Å². The number of rotatable bonds is 5. The lowest BCUT2D eigenvalue weighted by atomic mass is 10.0. The Labute approximate surface area is 84.9 Å². The van der Waals surface area contributed by atoms with E-state index in [1.807, 2.05) is 32.2 Å². The van der Waals surface area contributed by atoms with Gasteiger partial charge in [-0.05, 0) is 25.0 Å². The zero-order chi connectivity index (χ0) is 10.4. The van der Waals surface area contributed by atoms with Crippen LogP contribution in [0.2, 0.25) is 0 Å². The number of H-pyrrole nitrogens is 1. The van der Waals surface area contributed by atoms with Crippen LogP contribution in [0.25, 0.3) is 0 Å². The summed E-state index contributed by atoms with van der Waals surface area (Å²) in [6, 6.07) is 3.89. The van der Waals surface area contributed by atoms with E-state index in [0.29, 0.717) is 6.54 Å². The van der Waals surface area contributed by atoms with Gasteiger partial charge in [-0.3, -0.25) is 4.79 Å². The maximum Gasteiger partial charge on any atom is 0.223 e. The number of nitrogens with one attached hydrogen (secondary N) is 2. The first kappa shape index (κ1) is 10.8. The van der Waals surface area contributed by atoms with Crippen LogP contribution >= 0.6 is 0 Å². The Balaban J connectivity index is 2.34. The predicted molar refractivity (Wildman–Crippen MR) is 56.7 cm³/mol. The summed E-state index contributed by atoms with van der Waals surface area (Å²) in [6.45, 7) is 4.69. The highest BCUT2D eigenvalue weighted by Gasteiger charge is 2.12. The van der Waals surface area contributed by atoms with E-state index >= 15 is 0 Å². The molecule has 0 atom stereocenters. The maximum absolute atomic E-state index is 11.6. The number of carbonyl (C=O) groups is 1. The molecular formula is C11H18N2O. The molecule has 1 aromatic heterocycles. The van der Waals surface area contributed by atoms with E-state index in [-0.39, 0.29) is 11.8 Å². The first-order valence-corrected chi connectivity index (χ1v) is 5.17. The fraction of sp³-hybridized carbons (Fsp3) is 0.545. The number of aromatic amines is 1. The normalized spacial score (nSPS) is 10.5. The average molecular weight is 194 g/mol. The largest absolute Gasteiger partial charge is 0.364 e. The zero-order valence-electron chi connectivity index (χ0n) is 8.84. The highest BCUT2D eigenvalue weighted by atomic mass is 16.1. The molecule has 0 unspecified atom stereocenters. The lowest BCUT2D eigenvalue weighted by Crippen LogP contribution is -2.29. The number of hydrogen-bond donors (Lipinski definition) is 2. The molecule has 0 aliphatic rings. The van der Waals surface area contributed by atoms with Crippen molar-refractivity contribution in [3.63, 3.8) is 0 Å². The Morgan fingerprint density at radius 3 is 2.71 bits per heavy atom. The SMILES string of the molecule is CCC(CC)C(=O)NCc1ccc[nH]1. The average Bonchev–Trinajstić information content (AvgIpc) is 2.69. The number of amides is 1. The van der Waals surface area contributed by atoms with Crippen molar-refractivity contribution in [3.8, 4) is 0 Å². The predicted octanol–water partition coefficient (Wildman–Crippen LogP) is 2.07. The minimum atomic E-state index is 0.157. The highest BCUT2D eigenvalue weighted by Crippen LogP contribution is 2.07. The molecule has 78 valence electrons. The molecule has 1 aromatic rings. The van der Waals surface area contributed by atoms with Crippen LogP contribution in [0.1, 0.15) is 32.4 Å². The molecule has 0 spiro atoms. The molecule has 1 rings (SSSR count). The third-order valence-corrected chi connectivity index (χ3v) is 2.47. The van der Waals surface area contributed by atoms with Crippen LogP contribution in [0.15, 0.2) is 18.3 Å². The summed E-state index contributed by atoms with van der Waals surface area (Å²) < 4.78 is 0. The third kappa shape index (κ3) is 2.91. The van der Waals surface area contributed by atoms with E-state index < -0.39 is 0 Å². The van der Waals surface area contributed by atoms with Crippen molar-refractivity contribution in [1.29, 1.82) is 0 Å². The minimum absolute atomic E-state index is 0.157. The summed E-state index contributed by atoms with van der Waals surface area (Å²) in [7, 11) is 0. The lowest BCUT2D eigenvalue weighted by Gasteiger charge is -2.11. The van der Waals surface area contributed by atoms with Crippen molar-refractivity contribution in [1.82, 2.24) is 10.3 Å². The van der Waals surface area contributed by atoms with Crippen LogP contribution in [-0.4, -0.2) is 10.9 Å². The monoisotopic (exact) mass is 194 g/mol. The molecule has 1 heterocycles. The quantitative estimate of drug-likeness (QED) is 0.740.